The zero-order valence-electron chi connectivity index (χ0n) is 13.4. The van der Waals surface area contributed by atoms with Crippen LogP contribution in [0.5, 0.6) is 0 Å². The van der Waals surface area contributed by atoms with Gasteiger partial charge in [-0.3, -0.25) is 4.79 Å². The molecule has 6 heteroatoms. The fourth-order valence-electron chi connectivity index (χ4n) is 3.32. The first-order valence-corrected chi connectivity index (χ1v) is 7.54. The summed E-state index contributed by atoms with van der Waals surface area (Å²) in [5, 5.41) is 3.25. The van der Waals surface area contributed by atoms with E-state index in [9.17, 15) is 9.59 Å². The standard InChI is InChI=1S/C15H26N2O4/c1-14(2,3)21-13(19)17-8-6-15(10-17)5-7-16-9-11(15)12(18)20-4/h11,16H,5-10H2,1-4H3. The van der Waals surface area contributed by atoms with Crippen LogP contribution in [0.2, 0.25) is 0 Å². The number of carbonyl (C=O) groups excluding carboxylic acids is 2. The lowest BCUT2D eigenvalue weighted by Crippen LogP contribution is -2.51. The van der Waals surface area contributed by atoms with Gasteiger partial charge in [0.1, 0.15) is 5.60 Å². The summed E-state index contributed by atoms with van der Waals surface area (Å²) in [6.07, 6.45) is 1.42. The molecule has 0 aromatic rings. The summed E-state index contributed by atoms with van der Waals surface area (Å²) in [5.41, 5.74) is -0.669. The monoisotopic (exact) mass is 298 g/mol. The second kappa shape index (κ2) is 5.83. The lowest BCUT2D eigenvalue weighted by Gasteiger charge is -2.39. The zero-order valence-corrected chi connectivity index (χ0v) is 13.4. The molecule has 0 aromatic heterocycles. The van der Waals surface area contributed by atoms with Gasteiger partial charge in [0.15, 0.2) is 0 Å². The zero-order chi connectivity index (χ0) is 15.7. The van der Waals surface area contributed by atoms with Crippen LogP contribution in [0.25, 0.3) is 0 Å². The van der Waals surface area contributed by atoms with E-state index in [2.05, 4.69) is 5.32 Å². The smallest absolute Gasteiger partial charge is 0.410 e. The molecule has 0 bridgehead atoms. The first kappa shape index (κ1) is 16.1. The van der Waals surface area contributed by atoms with E-state index in [0.29, 0.717) is 19.6 Å². The second-order valence-electron chi connectivity index (χ2n) is 7.04. The lowest BCUT2D eigenvalue weighted by atomic mass is 9.70. The van der Waals surface area contributed by atoms with Crippen LogP contribution in [0.4, 0.5) is 4.79 Å². The molecular formula is C15H26N2O4. The lowest BCUT2D eigenvalue weighted by molar-refractivity contribution is -0.151. The molecule has 2 saturated heterocycles. The van der Waals surface area contributed by atoms with Gasteiger partial charge in [0.25, 0.3) is 0 Å². The highest BCUT2D eigenvalue weighted by molar-refractivity contribution is 5.74. The molecule has 0 radical (unpaired) electrons. The number of rotatable bonds is 1. The molecule has 2 heterocycles. The van der Waals surface area contributed by atoms with Crippen LogP contribution in [-0.2, 0) is 14.3 Å². The molecule has 1 spiro atoms. The van der Waals surface area contributed by atoms with Crippen molar-refractivity contribution in [1.82, 2.24) is 10.2 Å². The highest BCUT2D eigenvalue weighted by Crippen LogP contribution is 2.43. The van der Waals surface area contributed by atoms with Gasteiger partial charge in [-0.05, 0) is 40.2 Å². The van der Waals surface area contributed by atoms with Crippen molar-refractivity contribution in [2.24, 2.45) is 11.3 Å². The van der Waals surface area contributed by atoms with E-state index in [4.69, 9.17) is 9.47 Å². The minimum absolute atomic E-state index is 0.171. The number of hydrogen-bond acceptors (Lipinski definition) is 5. The van der Waals surface area contributed by atoms with Crippen molar-refractivity contribution in [2.75, 3.05) is 33.3 Å². The van der Waals surface area contributed by atoms with Gasteiger partial charge in [0.05, 0.1) is 13.0 Å². The number of nitrogens with zero attached hydrogens (tertiary/aromatic N) is 1. The molecule has 2 fully saturated rings. The summed E-state index contributed by atoms with van der Waals surface area (Å²) in [4.78, 5) is 26.0. The average Bonchev–Trinajstić information content (AvgIpc) is 2.81. The Kier molecular flexibility index (Phi) is 4.46. The maximum Gasteiger partial charge on any atom is 0.410 e. The Labute approximate surface area is 126 Å². The number of amides is 1. The molecule has 2 unspecified atom stereocenters. The Balaban J connectivity index is 2.07. The van der Waals surface area contributed by atoms with Gasteiger partial charge < -0.3 is 19.7 Å². The van der Waals surface area contributed by atoms with Crippen LogP contribution < -0.4 is 5.32 Å². The quantitative estimate of drug-likeness (QED) is 0.741. The second-order valence-corrected chi connectivity index (χ2v) is 7.04. The van der Waals surface area contributed by atoms with Gasteiger partial charge in [-0.2, -0.15) is 0 Å². The molecule has 2 aliphatic heterocycles. The molecule has 0 aromatic carbocycles. The van der Waals surface area contributed by atoms with Crippen LogP contribution in [0, 0.1) is 11.3 Å². The van der Waals surface area contributed by atoms with Crippen LogP contribution >= 0.6 is 0 Å². The van der Waals surface area contributed by atoms with Crippen molar-refractivity contribution in [2.45, 2.75) is 39.2 Å². The van der Waals surface area contributed by atoms with E-state index in [0.717, 1.165) is 19.4 Å². The van der Waals surface area contributed by atoms with E-state index in [1.54, 1.807) is 4.90 Å². The number of ether oxygens (including phenoxy) is 2. The van der Waals surface area contributed by atoms with Crippen molar-refractivity contribution in [3.05, 3.63) is 0 Å². The van der Waals surface area contributed by atoms with Crippen LogP contribution in [0.15, 0.2) is 0 Å². The molecule has 2 atom stereocenters. The van der Waals surface area contributed by atoms with E-state index in [-0.39, 0.29) is 23.4 Å². The molecular weight excluding hydrogens is 272 g/mol. The van der Waals surface area contributed by atoms with Crippen molar-refractivity contribution in [3.63, 3.8) is 0 Å². The Bertz CT molecular complexity index is 418. The minimum atomic E-state index is -0.497. The number of esters is 1. The summed E-state index contributed by atoms with van der Waals surface area (Å²) in [7, 11) is 1.42. The summed E-state index contributed by atoms with van der Waals surface area (Å²) >= 11 is 0. The highest BCUT2D eigenvalue weighted by atomic mass is 16.6. The van der Waals surface area contributed by atoms with Crippen molar-refractivity contribution in [1.29, 1.82) is 0 Å². The van der Waals surface area contributed by atoms with Gasteiger partial charge in [0.2, 0.25) is 0 Å². The van der Waals surface area contributed by atoms with Crippen molar-refractivity contribution < 1.29 is 19.1 Å². The number of likely N-dealkylation sites (tertiary alicyclic amines) is 1. The topological polar surface area (TPSA) is 67.9 Å². The Morgan fingerprint density at radius 2 is 2.00 bits per heavy atom. The Morgan fingerprint density at radius 1 is 1.29 bits per heavy atom. The molecule has 1 N–H and O–H groups in total. The van der Waals surface area contributed by atoms with Gasteiger partial charge in [-0.15, -0.1) is 0 Å². The molecule has 1 amide bonds. The SMILES string of the molecule is COC(=O)C1CNCCC12CCN(C(=O)OC(C)(C)C)C2. The maximum absolute atomic E-state index is 12.2. The van der Waals surface area contributed by atoms with Crippen LogP contribution in [0.1, 0.15) is 33.6 Å². The predicted molar refractivity (Wildman–Crippen MR) is 77.8 cm³/mol. The van der Waals surface area contributed by atoms with E-state index >= 15 is 0 Å². The molecule has 0 aliphatic carbocycles. The third-order valence-corrected chi connectivity index (χ3v) is 4.41. The van der Waals surface area contributed by atoms with E-state index in [1.807, 2.05) is 20.8 Å². The predicted octanol–water partition coefficient (Wildman–Crippen LogP) is 1.40. The van der Waals surface area contributed by atoms with Gasteiger partial charge in [-0.1, -0.05) is 0 Å². The number of methoxy groups -OCH3 is 1. The van der Waals surface area contributed by atoms with Crippen LogP contribution in [0.3, 0.4) is 0 Å². The third-order valence-electron chi connectivity index (χ3n) is 4.41. The number of carbonyl (C=O) groups is 2. The van der Waals surface area contributed by atoms with Gasteiger partial charge in [0, 0.05) is 25.0 Å². The molecule has 0 saturated carbocycles. The fourth-order valence-corrected chi connectivity index (χ4v) is 3.32. The largest absolute Gasteiger partial charge is 0.469 e. The third kappa shape index (κ3) is 3.48. The normalized spacial score (nSPS) is 29.5. The molecule has 120 valence electrons. The summed E-state index contributed by atoms with van der Waals surface area (Å²) in [6, 6.07) is 0. The van der Waals surface area contributed by atoms with E-state index < -0.39 is 5.60 Å². The summed E-state index contributed by atoms with van der Waals surface area (Å²) < 4.78 is 10.4. The van der Waals surface area contributed by atoms with Crippen molar-refractivity contribution >= 4 is 12.1 Å². The van der Waals surface area contributed by atoms with E-state index in [1.165, 1.54) is 7.11 Å². The average molecular weight is 298 g/mol. The molecule has 2 rings (SSSR count). The first-order valence-electron chi connectivity index (χ1n) is 7.54. The molecule has 6 nitrogen and oxygen atoms in total. The Morgan fingerprint density at radius 3 is 2.62 bits per heavy atom. The highest BCUT2D eigenvalue weighted by Gasteiger charge is 2.50. The molecule has 2 aliphatic rings. The maximum atomic E-state index is 12.2. The van der Waals surface area contributed by atoms with Crippen molar-refractivity contribution in [3.8, 4) is 0 Å². The summed E-state index contributed by atoms with van der Waals surface area (Å²) in [6.45, 7) is 8.28. The molecule has 21 heavy (non-hydrogen) atoms. The fraction of sp³-hybridized carbons (Fsp3) is 0.867. The summed E-state index contributed by atoms with van der Waals surface area (Å²) in [5.74, 6) is -0.378. The van der Waals surface area contributed by atoms with Gasteiger partial charge >= 0.3 is 12.1 Å². The number of piperidine rings is 1. The number of hydrogen-bond donors (Lipinski definition) is 1. The van der Waals surface area contributed by atoms with Crippen LogP contribution in [-0.4, -0.2) is 55.9 Å². The Hall–Kier alpha value is -1.30. The van der Waals surface area contributed by atoms with Gasteiger partial charge in [-0.25, -0.2) is 4.79 Å². The minimum Gasteiger partial charge on any atom is -0.469 e. The number of nitrogens with one attached hydrogen (secondary N) is 1. The first-order chi connectivity index (χ1) is 9.77.